The Morgan fingerprint density at radius 3 is 2.17 bits per heavy atom. The molecule has 1 fully saturated rings. The summed E-state index contributed by atoms with van der Waals surface area (Å²) in [6.07, 6.45) is 3.96. The molecule has 0 spiro atoms. The lowest BCUT2D eigenvalue weighted by Crippen LogP contribution is -2.38. The summed E-state index contributed by atoms with van der Waals surface area (Å²) in [4.78, 5) is 11.8. The molecule has 0 aromatic heterocycles. The van der Waals surface area contributed by atoms with Gasteiger partial charge in [-0.15, -0.1) is 0 Å². The summed E-state index contributed by atoms with van der Waals surface area (Å²) >= 11 is 0. The van der Waals surface area contributed by atoms with Gasteiger partial charge in [0.1, 0.15) is 22.8 Å². The molecule has 0 heterocycles. The minimum atomic E-state index is -0.464. The summed E-state index contributed by atoms with van der Waals surface area (Å²) in [6.45, 7) is 9.50. The van der Waals surface area contributed by atoms with E-state index in [9.17, 15) is 4.79 Å². The van der Waals surface area contributed by atoms with Crippen molar-refractivity contribution in [1.82, 2.24) is 10.6 Å². The summed E-state index contributed by atoms with van der Waals surface area (Å²) in [5.74, 6) is 2.76. The van der Waals surface area contributed by atoms with Crippen molar-refractivity contribution in [3.8, 4) is 17.2 Å². The van der Waals surface area contributed by atoms with E-state index in [0.717, 1.165) is 48.5 Å². The predicted octanol–water partition coefficient (Wildman–Crippen LogP) is 4.28. The lowest BCUT2D eigenvalue weighted by molar-refractivity contribution is 0.0514. The van der Waals surface area contributed by atoms with Gasteiger partial charge in [0.15, 0.2) is 0 Å². The van der Waals surface area contributed by atoms with Crippen LogP contribution in [0.25, 0.3) is 0 Å². The third-order valence-electron chi connectivity index (χ3n) is 5.24. The first-order valence-electron chi connectivity index (χ1n) is 10.8. The maximum atomic E-state index is 11.8. The zero-order chi connectivity index (χ0) is 22.1. The third kappa shape index (κ3) is 7.59. The van der Waals surface area contributed by atoms with E-state index < -0.39 is 5.60 Å². The first-order valence-corrected chi connectivity index (χ1v) is 10.8. The first-order chi connectivity index (χ1) is 14.3. The number of carbonyl (C=O) groups excluding carboxylic acids is 1. The van der Waals surface area contributed by atoms with E-state index in [1.807, 2.05) is 39.8 Å². The molecule has 1 aliphatic carbocycles. The zero-order valence-electron chi connectivity index (χ0n) is 19.3. The molecule has 0 radical (unpaired) electrons. The lowest BCUT2D eigenvalue weighted by atomic mass is 9.86. The molecule has 7 nitrogen and oxygen atoms in total. The molecule has 0 aliphatic heterocycles. The van der Waals surface area contributed by atoms with Crippen LogP contribution in [0, 0.1) is 5.92 Å². The van der Waals surface area contributed by atoms with Gasteiger partial charge in [0, 0.05) is 31.3 Å². The van der Waals surface area contributed by atoms with E-state index in [-0.39, 0.29) is 6.09 Å². The van der Waals surface area contributed by atoms with Crippen molar-refractivity contribution in [1.29, 1.82) is 0 Å². The summed E-state index contributed by atoms with van der Waals surface area (Å²) in [6, 6.07) is 4.24. The molecule has 1 aliphatic rings. The molecule has 1 saturated carbocycles. The Balaban J connectivity index is 1.82. The molecule has 1 amide bonds. The van der Waals surface area contributed by atoms with Crippen molar-refractivity contribution >= 4 is 6.09 Å². The average Bonchev–Trinajstić information content (AvgIpc) is 2.70. The maximum Gasteiger partial charge on any atom is 0.407 e. The minimum Gasteiger partial charge on any atom is -0.496 e. The fourth-order valence-corrected chi connectivity index (χ4v) is 3.74. The first kappa shape index (κ1) is 24.1. The highest BCUT2D eigenvalue weighted by molar-refractivity contribution is 5.67. The molecule has 2 rings (SSSR count). The smallest absolute Gasteiger partial charge is 0.407 e. The van der Waals surface area contributed by atoms with Crippen molar-refractivity contribution in [2.24, 2.45) is 5.92 Å². The monoisotopic (exact) mass is 422 g/mol. The highest BCUT2D eigenvalue weighted by Gasteiger charge is 2.23. The Hall–Kier alpha value is -2.15. The third-order valence-corrected chi connectivity index (χ3v) is 5.24. The minimum absolute atomic E-state index is 0.336. The topological polar surface area (TPSA) is 78.1 Å². The van der Waals surface area contributed by atoms with Gasteiger partial charge in [-0.05, 0) is 59.3 Å². The standard InChI is InChI=1S/C23H38N2O5/c1-7-29-18-12-20(27-5)19(21(13-18)28-6)15-24-17-10-8-16(9-11-17)14-25-22(26)30-23(2,3)4/h12-13,16-17,24H,7-11,14-15H2,1-6H3,(H,25,26)/t16-,17-. The average molecular weight is 423 g/mol. The van der Waals surface area contributed by atoms with Crippen molar-refractivity contribution in [3.05, 3.63) is 17.7 Å². The lowest BCUT2D eigenvalue weighted by Gasteiger charge is -2.30. The van der Waals surface area contributed by atoms with Crippen molar-refractivity contribution < 1.29 is 23.7 Å². The number of hydrogen-bond acceptors (Lipinski definition) is 6. The van der Waals surface area contributed by atoms with Crippen LogP contribution in [0.3, 0.4) is 0 Å². The van der Waals surface area contributed by atoms with Crippen LogP contribution >= 0.6 is 0 Å². The molecule has 0 unspecified atom stereocenters. The molecule has 2 N–H and O–H groups in total. The van der Waals surface area contributed by atoms with E-state index in [2.05, 4.69) is 10.6 Å². The Bertz CT molecular complexity index is 654. The molecule has 170 valence electrons. The molecule has 1 aromatic rings. The number of nitrogens with one attached hydrogen (secondary N) is 2. The highest BCUT2D eigenvalue weighted by Crippen LogP contribution is 2.34. The zero-order valence-corrected chi connectivity index (χ0v) is 19.3. The quantitative estimate of drug-likeness (QED) is 0.619. The summed E-state index contributed by atoms with van der Waals surface area (Å²) in [5, 5.41) is 6.54. The Morgan fingerprint density at radius 2 is 1.67 bits per heavy atom. The Kier molecular flexibility index (Phi) is 9.08. The molecule has 0 bridgehead atoms. The van der Waals surface area contributed by atoms with Crippen LogP contribution in [0.1, 0.15) is 58.9 Å². The van der Waals surface area contributed by atoms with Gasteiger partial charge in [0.2, 0.25) is 0 Å². The Labute approximate surface area is 180 Å². The summed E-state index contributed by atoms with van der Waals surface area (Å²) in [7, 11) is 3.33. The number of hydrogen-bond donors (Lipinski definition) is 2. The summed E-state index contributed by atoms with van der Waals surface area (Å²) < 4.78 is 22.0. The molecule has 30 heavy (non-hydrogen) atoms. The van der Waals surface area contributed by atoms with E-state index in [1.54, 1.807) is 14.2 Å². The molecule has 1 aromatic carbocycles. The number of ether oxygens (including phenoxy) is 4. The second-order valence-electron chi connectivity index (χ2n) is 8.72. The van der Waals surface area contributed by atoms with Crippen LogP contribution in [0.5, 0.6) is 17.2 Å². The van der Waals surface area contributed by atoms with E-state index >= 15 is 0 Å². The van der Waals surface area contributed by atoms with Crippen LogP contribution in [0.4, 0.5) is 4.79 Å². The fraction of sp³-hybridized carbons (Fsp3) is 0.696. The number of methoxy groups -OCH3 is 2. The normalized spacial score (nSPS) is 19.1. The number of carbonyl (C=O) groups is 1. The summed E-state index contributed by atoms with van der Waals surface area (Å²) in [5.41, 5.74) is 0.534. The van der Waals surface area contributed by atoms with Crippen LogP contribution in [-0.2, 0) is 11.3 Å². The van der Waals surface area contributed by atoms with Crippen LogP contribution in [-0.4, -0.2) is 45.1 Å². The van der Waals surface area contributed by atoms with Crippen molar-refractivity contribution in [2.45, 2.75) is 71.6 Å². The largest absolute Gasteiger partial charge is 0.496 e. The van der Waals surface area contributed by atoms with Crippen LogP contribution in [0.2, 0.25) is 0 Å². The van der Waals surface area contributed by atoms with Gasteiger partial charge in [-0.1, -0.05) is 0 Å². The highest BCUT2D eigenvalue weighted by atomic mass is 16.6. The number of benzene rings is 1. The van der Waals surface area contributed by atoms with Gasteiger partial charge in [0.25, 0.3) is 0 Å². The maximum absolute atomic E-state index is 11.8. The van der Waals surface area contributed by atoms with Crippen LogP contribution in [0.15, 0.2) is 12.1 Å². The number of amides is 1. The van der Waals surface area contributed by atoms with Crippen molar-refractivity contribution in [2.75, 3.05) is 27.4 Å². The second-order valence-corrected chi connectivity index (χ2v) is 8.72. The van der Waals surface area contributed by atoms with Gasteiger partial charge >= 0.3 is 6.09 Å². The fourth-order valence-electron chi connectivity index (χ4n) is 3.74. The Morgan fingerprint density at radius 1 is 1.07 bits per heavy atom. The number of alkyl carbamates (subject to hydrolysis) is 1. The van der Waals surface area contributed by atoms with Gasteiger partial charge in [-0.3, -0.25) is 0 Å². The number of rotatable bonds is 9. The van der Waals surface area contributed by atoms with E-state index in [0.29, 0.717) is 31.7 Å². The second kappa shape index (κ2) is 11.3. The van der Waals surface area contributed by atoms with Gasteiger partial charge in [-0.2, -0.15) is 0 Å². The molecular weight excluding hydrogens is 384 g/mol. The molecule has 0 saturated heterocycles. The van der Waals surface area contributed by atoms with E-state index in [1.165, 1.54) is 0 Å². The van der Waals surface area contributed by atoms with Crippen molar-refractivity contribution in [3.63, 3.8) is 0 Å². The van der Waals surface area contributed by atoms with Gasteiger partial charge in [0.05, 0.1) is 26.4 Å². The predicted molar refractivity (Wildman–Crippen MR) is 118 cm³/mol. The SMILES string of the molecule is CCOc1cc(OC)c(CN[C@H]2CC[C@H](CNC(=O)OC(C)(C)C)CC2)c(OC)c1. The molecule has 7 heteroatoms. The van der Waals surface area contributed by atoms with E-state index in [4.69, 9.17) is 18.9 Å². The van der Waals surface area contributed by atoms with Crippen LogP contribution < -0.4 is 24.8 Å². The molecule has 0 atom stereocenters. The molecular formula is C23H38N2O5. The van der Waals surface area contributed by atoms with Gasteiger partial charge < -0.3 is 29.6 Å². The van der Waals surface area contributed by atoms with Gasteiger partial charge in [-0.25, -0.2) is 4.79 Å².